The Morgan fingerprint density at radius 2 is 1.88 bits per heavy atom. The number of carbonyl (C=O) groups excluding carboxylic acids is 1. The van der Waals surface area contributed by atoms with E-state index in [-0.39, 0.29) is 30.4 Å². The lowest BCUT2D eigenvalue weighted by Crippen LogP contribution is -2.44. The second-order valence-electron chi connectivity index (χ2n) is 6.41. The van der Waals surface area contributed by atoms with Crippen molar-refractivity contribution in [2.75, 3.05) is 6.54 Å². The first-order chi connectivity index (χ1) is 11.6. The number of aliphatic hydroxyl groups excluding tert-OH is 1. The molecule has 2 aromatic rings. The number of fused-ring (bicyclic) bond motifs is 1. The summed E-state index contributed by atoms with van der Waals surface area (Å²) in [5.41, 5.74) is 3.16. The van der Waals surface area contributed by atoms with Crippen LogP contribution in [-0.4, -0.2) is 23.6 Å². The summed E-state index contributed by atoms with van der Waals surface area (Å²) in [5.74, 6) is -0.0325. The Bertz CT molecular complexity index is 693. The van der Waals surface area contributed by atoms with Crippen LogP contribution in [0.5, 0.6) is 0 Å². The summed E-state index contributed by atoms with van der Waals surface area (Å²) in [4.78, 5) is 12.6. The zero-order chi connectivity index (χ0) is 16.9. The second kappa shape index (κ2) is 8.99. The van der Waals surface area contributed by atoms with Crippen LogP contribution in [0.2, 0.25) is 0 Å². The van der Waals surface area contributed by atoms with Crippen LogP contribution in [0, 0.1) is 0 Å². The highest BCUT2D eigenvalue weighted by Crippen LogP contribution is 2.23. The van der Waals surface area contributed by atoms with Crippen molar-refractivity contribution in [1.82, 2.24) is 10.6 Å². The molecule has 0 saturated heterocycles. The van der Waals surface area contributed by atoms with Crippen molar-refractivity contribution in [3.05, 3.63) is 71.3 Å². The van der Waals surface area contributed by atoms with Crippen LogP contribution in [-0.2, 0) is 11.2 Å². The molecule has 134 valence electrons. The number of rotatable bonds is 5. The Kier molecular flexibility index (Phi) is 7.00. The van der Waals surface area contributed by atoms with Crippen molar-refractivity contribution in [2.24, 2.45) is 0 Å². The molecule has 0 bridgehead atoms. The van der Waals surface area contributed by atoms with E-state index in [4.69, 9.17) is 0 Å². The molecule has 25 heavy (non-hydrogen) atoms. The highest BCUT2D eigenvalue weighted by molar-refractivity contribution is 5.85. The first-order valence-electron chi connectivity index (χ1n) is 8.49. The molecule has 3 rings (SSSR count). The van der Waals surface area contributed by atoms with Gasteiger partial charge >= 0.3 is 0 Å². The predicted molar refractivity (Wildman–Crippen MR) is 102 cm³/mol. The second-order valence-corrected chi connectivity index (χ2v) is 6.41. The van der Waals surface area contributed by atoms with Gasteiger partial charge in [-0.15, -0.1) is 12.4 Å². The highest BCUT2D eigenvalue weighted by Gasteiger charge is 2.26. The standard InChI is InChI=1S/C20H24N2O2.ClH/c1-14(13-18(23)16-8-3-2-4-9-16)22-20(24)19-17-10-6-5-7-15(17)11-12-21-19;/h2-10,14,18-19,21,23H,11-13H2,1H3,(H,22,24);1H. The Morgan fingerprint density at radius 3 is 2.64 bits per heavy atom. The first kappa shape index (κ1) is 19.4. The summed E-state index contributed by atoms with van der Waals surface area (Å²) < 4.78 is 0. The summed E-state index contributed by atoms with van der Waals surface area (Å²) in [7, 11) is 0. The van der Waals surface area contributed by atoms with Gasteiger partial charge in [-0.3, -0.25) is 4.79 Å². The summed E-state index contributed by atoms with van der Waals surface area (Å²) in [6, 6.07) is 17.2. The molecule has 1 amide bonds. The third-order valence-corrected chi connectivity index (χ3v) is 4.52. The minimum Gasteiger partial charge on any atom is -0.388 e. The maximum Gasteiger partial charge on any atom is 0.241 e. The van der Waals surface area contributed by atoms with E-state index in [1.54, 1.807) is 0 Å². The smallest absolute Gasteiger partial charge is 0.241 e. The molecular formula is C20H25ClN2O2. The molecule has 0 fully saturated rings. The topological polar surface area (TPSA) is 61.4 Å². The van der Waals surface area contributed by atoms with E-state index in [1.165, 1.54) is 5.56 Å². The number of aliphatic hydroxyl groups is 1. The normalized spacial score (nSPS) is 18.4. The van der Waals surface area contributed by atoms with E-state index in [9.17, 15) is 9.90 Å². The number of amides is 1. The molecular weight excluding hydrogens is 336 g/mol. The predicted octanol–water partition coefficient (Wildman–Crippen LogP) is 2.92. The van der Waals surface area contributed by atoms with E-state index in [1.807, 2.05) is 55.5 Å². The maximum atomic E-state index is 12.6. The summed E-state index contributed by atoms with van der Waals surface area (Å²) >= 11 is 0. The average molecular weight is 361 g/mol. The minimum absolute atomic E-state index is 0. The van der Waals surface area contributed by atoms with Crippen LogP contribution in [0.4, 0.5) is 0 Å². The van der Waals surface area contributed by atoms with E-state index >= 15 is 0 Å². The lowest BCUT2D eigenvalue weighted by molar-refractivity contribution is -0.124. The molecule has 3 atom stereocenters. The van der Waals surface area contributed by atoms with Gasteiger partial charge in [0, 0.05) is 12.6 Å². The van der Waals surface area contributed by atoms with Crippen molar-refractivity contribution < 1.29 is 9.90 Å². The van der Waals surface area contributed by atoms with Gasteiger partial charge in [0.1, 0.15) is 6.04 Å². The Hall–Kier alpha value is -1.88. The van der Waals surface area contributed by atoms with Crippen LogP contribution in [0.25, 0.3) is 0 Å². The van der Waals surface area contributed by atoms with Crippen molar-refractivity contribution in [3.8, 4) is 0 Å². The van der Waals surface area contributed by atoms with Crippen LogP contribution >= 0.6 is 12.4 Å². The van der Waals surface area contributed by atoms with Crippen LogP contribution in [0.3, 0.4) is 0 Å². The fourth-order valence-electron chi connectivity index (χ4n) is 3.27. The summed E-state index contributed by atoms with van der Waals surface area (Å²) in [6.45, 7) is 2.73. The highest BCUT2D eigenvalue weighted by atomic mass is 35.5. The Morgan fingerprint density at radius 1 is 1.20 bits per heavy atom. The van der Waals surface area contributed by atoms with Crippen LogP contribution in [0.15, 0.2) is 54.6 Å². The molecule has 3 N–H and O–H groups in total. The number of carbonyl (C=O) groups is 1. The Labute approximate surface area is 155 Å². The Balaban J connectivity index is 0.00000225. The van der Waals surface area contributed by atoms with E-state index in [0.717, 1.165) is 24.1 Å². The maximum absolute atomic E-state index is 12.6. The molecule has 0 spiro atoms. The van der Waals surface area contributed by atoms with Crippen molar-refractivity contribution >= 4 is 18.3 Å². The number of halogens is 1. The third kappa shape index (κ3) is 4.82. The monoisotopic (exact) mass is 360 g/mol. The molecule has 3 unspecified atom stereocenters. The SMILES string of the molecule is CC(CC(O)c1ccccc1)NC(=O)C1NCCc2ccccc21.Cl. The van der Waals surface area contributed by atoms with Crippen molar-refractivity contribution in [3.63, 3.8) is 0 Å². The molecule has 4 nitrogen and oxygen atoms in total. The zero-order valence-corrected chi connectivity index (χ0v) is 15.1. The first-order valence-corrected chi connectivity index (χ1v) is 8.49. The average Bonchev–Trinajstić information content (AvgIpc) is 2.61. The van der Waals surface area contributed by atoms with Gasteiger partial charge in [0.25, 0.3) is 0 Å². The lowest BCUT2D eigenvalue weighted by Gasteiger charge is -2.28. The van der Waals surface area contributed by atoms with Crippen LogP contribution in [0.1, 0.15) is 42.2 Å². The van der Waals surface area contributed by atoms with Gasteiger partial charge < -0.3 is 15.7 Å². The lowest BCUT2D eigenvalue weighted by atomic mass is 9.93. The van der Waals surface area contributed by atoms with Gasteiger partial charge in [0.05, 0.1) is 6.10 Å². The molecule has 0 aliphatic carbocycles. The molecule has 5 heteroatoms. The fraction of sp³-hybridized carbons (Fsp3) is 0.350. The molecule has 2 aromatic carbocycles. The summed E-state index contributed by atoms with van der Waals surface area (Å²) in [5, 5.41) is 16.6. The van der Waals surface area contributed by atoms with Gasteiger partial charge in [0.2, 0.25) is 5.91 Å². The number of hydrogen-bond donors (Lipinski definition) is 3. The van der Waals surface area contributed by atoms with Gasteiger partial charge in [-0.1, -0.05) is 54.6 Å². The van der Waals surface area contributed by atoms with E-state index < -0.39 is 6.10 Å². The summed E-state index contributed by atoms with van der Waals surface area (Å²) in [6.07, 6.45) is 0.861. The quantitative estimate of drug-likeness (QED) is 0.768. The number of nitrogens with one attached hydrogen (secondary N) is 2. The molecule has 0 radical (unpaired) electrons. The van der Waals surface area contributed by atoms with E-state index in [0.29, 0.717) is 6.42 Å². The van der Waals surface area contributed by atoms with Crippen LogP contribution < -0.4 is 10.6 Å². The molecule has 1 aliphatic heterocycles. The van der Waals surface area contributed by atoms with Gasteiger partial charge in [-0.2, -0.15) is 0 Å². The largest absolute Gasteiger partial charge is 0.388 e. The zero-order valence-electron chi connectivity index (χ0n) is 14.3. The number of benzene rings is 2. The third-order valence-electron chi connectivity index (χ3n) is 4.52. The van der Waals surface area contributed by atoms with Gasteiger partial charge in [0.15, 0.2) is 0 Å². The van der Waals surface area contributed by atoms with Gasteiger partial charge in [-0.05, 0) is 36.5 Å². The van der Waals surface area contributed by atoms with E-state index in [2.05, 4.69) is 16.7 Å². The molecule has 1 heterocycles. The fourth-order valence-corrected chi connectivity index (χ4v) is 3.27. The van der Waals surface area contributed by atoms with Crippen molar-refractivity contribution in [2.45, 2.75) is 38.0 Å². The van der Waals surface area contributed by atoms with Gasteiger partial charge in [-0.25, -0.2) is 0 Å². The molecule has 0 saturated carbocycles. The molecule has 0 aromatic heterocycles. The molecule has 1 aliphatic rings. The number of hydrogen-bond acceptors (Lipinski definition) is 3. The van der Waals surface area contributed by atoms with Crippen molar-refractivity contribution in [1.29, 1.82) is 0 Å². The minimum atomic E-state index is -0.576.